The van der Waals surface area contributed by atoms with E-state index >= 15 is 0 Å². The molecule has 0 spiro atoms. The van der Waals surface area contributed by atoms with Gasteiger partial charge in [0.15, 0.2) is 0 Å². The summed E-state index contributed by atoms with van der Waals surface area (Å²) in [4.78, 5) is 13.7. The van der Waals surface area contributed by atoms with E-state index in [4.69, 9.17) is 5.73 Å². The summed E-state index contributed by atoms with van der Waals surface area (Å²) in [5, 5.41) is 3.16. The van der Waals surface area contributed by atoms with Gasteiger partial charge in [0, 0.05) is 16.8 Å². The Bertz CT molecular complexity index is 539. The Morgan fingerprint density at radius 1 is 1.11 bits per heavy atom. The standard InChI is InChI=1S/C14H20N4S/c1-9-13(5-4-6-15)10(2)17-14(16-9)7-12-8-19-11(3)18-12/h8H,4-7,15H2,1-3H3. The lowest BCUT2D eigenvalue weighted by molar-refractivity contribution is 0.789. The fourth-order valence-electron chi connectivity index (χ4n) is 2.18. The van der Waals surface area contributed by atoms with Crippen LogP contribution in [0.2, 0.25) is 0 Å². The summed E-state index contributed by atoms with van der Waals surface area (Å²) in [5.41, 5.74) is 10.00. The maximum Gasteiger partial charge on any atom is 0.134 e. The van der Waals surface area contributed by atoms with Crippen LogP contribution in [-0.2, 0) is 12.8 Å². The van der Waals surface area contributed by atoms with Crippen molar-refractivity contribution in [3.63, 3.8) is 0 Å². The Morgan fingerprint density at radius 3 is 2.32 bits per heavy atom. The average molecular weight is 276 g/mol. The summed E-state index contributed by atoms with van der Waals surface area (Å²) in [7, 11) is 0. The number of nitrogens with zero attached hydrogens (tertiary/aromatic N) is 3. The number of aromatic nitrogens is 3. The largest absolute Gasteiger partial charge is 0.330 e. The number of hydrogen-bond acceptors (Lipinski definition) is 5. The van der Waals surface area contributed by atoms with Crippen LogP contribution in [-0.4, -0.2) is 21.5 Å². The van der Waals surface area contributed by atoms with Crippen molar-refractivity contribution in [1.29, 1.82) is 0 Å². The van der Waals surface area contributed by atoms with Crippen LogP contribution in [0, 0.1) is 20.8 Å². The van der Waals surface area contributed by atoms with E-state index in [9.17, 15) is 0 Å². The van der Waals surface area contributed by atoms with Crippen molar-refractivity contribution >= 4 is 11.3 Å². The molecule has 0 saturated heterocycles. The fourth-order valence-corrected chi connectivity index (χ4v) is 2.79. The molecule has 2 rings (SSSR count). The van der Waals surface area contributed by atoms with Crippen LogP contribution < -0.4 is 5.73 Å². The Balaban J connectivity index is 2.19. The number of nitrogens with two attached hydrogens (primary N) is 1. The number of aryl methyl sites for hydroxylation is 3. The third-order valence-electron chi connectivity index (χ3n) is 3.10. The van der Waals surface area contributed by atoms with Crippen molar-refractivity contribution in [3.05, 3.63) is 38.9 Å². The van der Waals surface area contributed by atoms with E-state index in [0.717, 1.165) is 40.8 Å². The number of rotatable bonds is 5. The predicted octanol–water partition coefficient (Wildman–Crippen LogP) is 2.34. The second kappa shape index (κ2) is 6.21. The van der Waals surface area contributed by atoms with Crippen LogP contribution in [0.3, 0.4) is 0 Å². The summed E-state index contributed by atoms with van der Waals surface area (Å²) in [6.07, 6.45) is 2.66. The minimum absolute atomic E-state index is 0.707. The summed E-state index contributed by atoms with van der Waals surface area (Å²) in [6.45, 7) is 6.83. The van der Waals surface area contributed by atoms with Gasteiger partial charge in [0.05, 0.1) is 17.1 Å². The van der Waals surface area contributed by atoms with E-state index < -0.39 is 0 Å². The van der Waals surface area contributed by atoms with Gasteiger partial charge in [-0.2, -0.15) is 0 Å². The first-order chi connectivity index (χ1) is 9.10. The quantitative estimate of drug-likeness (QED) is 0.910. The van der Waals surface area contributed by atoms with Crippen LogP contribution in [0.4, 0.5) is 0 Å². The second-order valence-corrected chi connectivity index (χ2v) is 5.78. The van der Waals surface area contributed by atoms with E-state index in [2.05, 4.69) is 34.2 Å². The third-order valence-corrected chi connectivity index (χ3v) is 3.93. The lowest BCUT2D eigenvalue weighted by Gasteiger charge is -2.10. The van der Waals surface area contributed by atoms with Crippen molar-refractivity contribution in [2.45, 2.75) is 40.0 Å². The molecule has 2 aromatic heterocycles. The van der Waals surface area contributed by atoms with Gasteiger partial charge in [-0.05, 0) is 45.7 Å². The lowest BCUT2D eigenvalue weighted by Crippen LogP contribution is -2.08. The number of thiazole rings is 1. The van der Waals surface area contributed by atoms with Gasteiger partial charge in [-0.3, -0.25) is 0 Å². The Labute approximate surface area is 118 Å². The van der Waals surface area contributed by atoms with Gasteiger partial charge in [-0.1, -0.05) is 0 Å². The van der Waals surface area contributed by atoms with Crippen LogP contribution in [0.15, 0.2) is 5.38 Å². The fraction of sp³-hybridized carbons (Fsp3) is 0.500. The van der Waals surface area contributed by atoms with Gasteiger partial charge in [0.25, 0.3) is 0 Å². The molecule has 0 unspecified atom stereocenters. The van der Waals surface area contributed by atoms with E-state index in [-0.39, 0.29) is 0 Å². The van der Waals surface area contributed by atoms with Crippen LogP contribution in [0.25, 0.3) is 0 Å². The molecule has 2 aromatic rings. The van der Waals surface area contributed by atoms with Crippen molar-refractivity contribution in [2.24, 2.45) is 5.73 Å². The first-order valence-corrected chi connectivity index (χ1v) is 7.42. The number of hydrogen-bond donors (Lipinski definition) is 1. The molecule has 4 nitrogen and oxygen atoms in total. The lowest BCUT2D eigenvalue weighted by atomic mass is 10.1. The molecule has 0 aliphatic heterocycles. The van der Waals surface area contributed by atoms with E-state index in [1.54, 1.807) is 11.3 Å². The highest BCUT2D eigenvalue weighted by Gasteiger charge is 2.09. The molecule has 0 amide bonds. The molecule has 2 heterocycles. The molecule has 0 aromatic carbocycles. The molecule has 0 fully saturated rings. The zero-order chi connectivity index (χ0) is 13.8. The van der Waals surface area contributed by atoms with Crippen molar-refractivity contribution in [3.8, 4) is 0 Å². The van der Waals surface area contributed by atoms with Crippen LogP contribution in [0.5, 0.6) is 0 Å². The van der Waals surface area contributed by atoms with Crippen LogP contribution >= 0.6 is 11.3 Å². The average Bonchev–Trinajstić information content (AvgIpc) is 2.74. The summed E-state index contributed by atoms with van der Waals surface area (Å²) < 4.78 is 0. The predicted molar refractivity (Wildman–Crippen MR) is 78.5 cm³/mol. The molecule has 2 N–H and O–H groups in total. The maximum absolute atomic E-state index is 5.56. The van der Waals surface area contributed by atoms with Crippen LogP contribution in [0.1, 0.15) is 39.9 Å². The highest BCUT2D eigenvalue weighted by atomic mass is 32.1. The highest BCUT2D eigenvalue weighted by Crippen LogP contribution is 2.15. The van der Waals surface area contributed by atoms with Crippen molar-refractivity contribution in [2.75, 3.05) is 6.54 Å². The third kappa shape index (κ3) is 3.58. The molecule has 102 valence electrons. The molecule has 0 saturated carbocycles. The Kier molecular flexibility index (Phi) is 4.61. The molecule has 5 heteroatoms. The normalized spacial score (nSPS) is 10.9. The maximum atomic E-state index is 5.56. The zero-order valence-corrected chi connectivity index (χ0v) is 12.5. The summed E-state index contributed by atoms with van der Waals surface area (Å²) >= 11 is 1.67. The molecular weight excluding hydrogens is 256 g/mol. The first kappa shape index (κ1) is 14.1. The van der Waals surface area contributed by atoms with E-state index in [0.29, 0.717) is 13.0 Å². The molecule has 0 radical (unpaired) electrons. The Morgan fingerprint density at radius 2 is 1.79 bits per heavy atom. The summed E-state index contributed by atoms with van der Waals surface area (Å²) in [5.74, 6) is 0.858. The van der Waals surface area contributed by atoms with Gasteiger partial charge in [0.2, 0.25) is 0 Å². The van der Waals surface area contributed by atoms with Gasteiger partial charge in [-0.25, -0.2) is 15.0 Å². The first-order valence-electron chi connectivity index (χ1n) is 6.54. The molecule has 0 aliphatic rings. The molecule has 0 atom stereocenters. The van der Waals surface area contributed by atoms with Gasteiger partial charge >= 0.3 is 0 Å². The van der Waals surface area contributed by atoms with Crippen molar-refractivity contribution in [1.82, 2.24) is 15.0 Å². The molecular formula is C14H20N4S. The van der Waals surface area contributed by atoms with Gasteiger partial charge in [0.1, 0.15) is 5.82 Å². The van der Waals surface area contributed by atoms with Crippen molar-refractivity contribution < 1.29 is 0 Å². The minimum atomic E-state index is 0.707. The van der Waals surface area contributed by atoms with Gasteiger partial charge < -0.3 is 5.73 Å². The molecule has 0 bridgehead atoms. The SMILES string of the molecule is Cc1nc(Cc2nc(C)c(CCCN)c(C)n2)cs1. The second-order valence-electron chi connectivity index (χ2n) is 4.72. The topological polar surface area (TPSA) is 64.7 Å². The van der Waals surface area contributed by atoms with E-state index in [1.165, 1.54) is 5.56 Å². The summed E-state index contributed by atoms with van der Waals surface area (Å²) in [6, 6.07) is 0. The minimum Gasteiger partial charge on any atom is -0.330 e. The van der Waals surface area contributed by atoms with Gasteiger partial charge in [-0.15, -0.1) is 11.3 Å². The monoisotopic (exact) mass is 276 g/mol. The smallest absolute Gasteiger partial charge is 0.134 e. The van der Waals surface area contributed by atoms with E-state index in [1.807, 2.05) is 6.92 Å². The Hall–Kier alpha value is -1.33. The zero-order valence-electron chi connectivity index (χ0n) is 11.7. The molecule has 0 aliphatic carbocycles. The highest BCUT2D eigenvalue weighted by molar-refractivity contribution is 7.09. The molecule has 19 heavy (non-hydrogen) atoms.